The highest BCUT2D eigenvalue weighted by Crippen LogP contribution is 2.30. The van der Waals surface area contributed by atoms with Crippen molar-refractivity contribution in [1.29, 1.82) is 0 Å². The lowest BCUT2D eigenvalue weighted by Crippen LogP contribution is -2.51. The fourth-order valence-corrected chi connectivity index (χ4v) is 5.35. The summed E-state index contributed by atoms with van der Waals surface area (Å²) in [5, 5.41) is 0. The Kier molecular flexibility index (Phi) is 6.61. The van der Waals surface area contributed by atoms with Crippen LogP contribution in [0.5, 0.6) is 0 Å². The van der Waals surface area contributed by atoms with Crippen molar-refractivity contribution in [3.63, 3.8) is 0 Å². The quantitative estimate of drug-likeness (QED) is 0.847. The van der Waals surface area contributed by atoms with E-state index in [1.165, 1.54) is 10.4 Å². The van der Waals surface area contributed by atoms with Crippen molar-refractivity contribution in [2.24, 2.45) is 5.73 Å². The average molecular weight is 402 g/mol. The molecule has 1 aliphatic heterocycles. The molecular formula is C13H19BrClFN2O2S. The summed E-state index contributed by atoms with van der Waals surface area (Å²) < 4.78 is 40.3. The highest BCUT2D eigenvalue weighted by molar-refractivity contribution is 9.10. The van der Waals surface area contributed by atoms with E-state index < -0.39 is 15.8 Å². The van der Waals surface area contributed by atoms with Crippen LogP contribution >= 0.6 is 28.3 Å². The predicted octanol–water partition coefficient (Wildman–Crippen LogP) is 2.90. The summed E-state index contributed by atoms with van der Waals surface area (Å²) in [5.74, 6) is -0.474. The van der Waals surface area contributed by atoms with Gasteiger partial charge in [-0.2, -0.15) is 4.31 Å². The lowest BCUT2D eigenvalue weighted by Gasteiger charge is -2.37. The average Bonchev–Trinajstić information content (AvgIpc) is 2.38. The van der Waals surface area contributed by atoms with Crippen LogP contribution in [0, 0.1) is 5.82 Å². The fourth-order valence-electron chi connectivity index (χ4n) is 2.57. The number of hydrogen-bond acceptors (Lipinski definition) is 3. The molecule has 2 rings (SSSR count). The molecule has 2 atom stereocenters. The molecule has 0 amide bonds. The maximum atomic E-state index is 13.1. The van der Waals surface area contributed by atoms with Gasteiger partial charge in [-0.05, 0) is 53.9 Å². The normalized spacial score (nSPS) is 21.6. The van der Waals surface area contributed by atoms with Gasteiger partial charge in [0.15, 0.2) is 0 Å². The summed E-state index contributed by atoms with van der Waals surface area (Å²) in [6, 6.07) is 3.18. The number of rotatable bonds is 3. The topological polar surface area (TPSA) is 63.4 Å². The van der Waals surface area contributed by atoms with Crippen LogP contribution in [-0.2, 0) is 10.0 Å². The minimum absolute atomic E-state index is 0. The van der Waals surface area contributed by atoms with Gasteiger partial charge in [-0.1, -0.05) is 6.42 Å². The summed E-state index contributed by atoms with van der Waals surface area (Å²) >= 11 is 3.13. The first-order valence-electron chi connectivity index (χ1n) is 6.56. The monoisotopic (exact) mass is 400 g/mol. The number of sulfonamides is 1. The van der Waals surface area contributed by atoms with Crippen LogP contribution < -0.4 is 5.73 Å². The summed E-state index contributed by atoms with van der Waals surface area (Å²) in [7, 11) is -3.66. The second kappa shape index (κ2) is 7.37. The van der Waals surface area contributed by atoms with Gasteiger partial charge in [0.25, 0.3) is 0 Å². The van der Waals surface area contributed by atoms with Gasteiger partial charge in [-0.3, -0.25) is 0 Å². The Hall–Kier alpha value is -0.210. The zero-order valence-corrected chi connectivity index (χ0v) is 14.8. The summed E-state index contributed by atoms with van der Waals surface area (Å²) in [6.45, 7) is 2.27. The van der Waals surface area contributed by atoms with Gasteiger partial charge in [0.1, 0.15) is 5.82 Å². The van der Waals surface area contributed by atoms with Crippen LogP contribution in [0.1, 0.15) is 26.2 Å². The number of hydrogen-bond donors (Lipinski definition) is 1. The third-order valence-electron chi connectivity index (χ3n) is 3.59. The third kappa shape index (κ3) is 3.96. The van der Waals surface area contributed by atoms with E-state index in [1.54, 1.807) is 0 Å². The van der Waals surface area contributed by atoms with E-state index in [-0.39, 0.29) is 33.9 Å². The number of piperidine rings is 1. The Labute approximate surface area is 139 Å². The highest BCUT2D eigenvalue weighted by Gasteiger charge is 2.36. The smallest absolute Gasteiger partial charge is 0.244 e. The SMILES string of the molecule is CC(N)C1CCCCN1S(=O)(=O)c1ccc(F)cc1Br.Cl. The minimum atomic E-state index is -3.66. The van der Waals surface area contributed by atoms with E-state index in [1.807, 2.05) is 6.92 Å². The Bertz CT molecular complexity index is 598. The molecule has 0 aromatic heterocycles. The second-order valence-corrected chi connectivity index (χ2v) is 7.83. The van der Waals surface area contributed by atoms with Crippen molar-refractivity contribution < 1.29 is 12.8 Å². The van der Waals surface area contributed by atoms with Crippen molar-refractivity contribution in [2.45, 2.75) is 43.2 Å². The minimum Gasteiger partial charge on any atom is -0.326 e. The lowest BCUT2D eigenvalue weighted by atomic mass is 10.00. The van der Waals surface area contributed by atoms with Gasteiger partial charge in [-0.25, -0.2) is 12.8 Å². The van der Waals surface area contributed by atoms with Crippen LogP contribution in [0.3, 0.4) is 0 Å². The summed E-state index contributed by atoms with van der Waals surface area (Å²) in [5.41, 5.74) is 5.92. The molecule has 0 saturated carbocycles. The number of benzene rings is 1. The Balaban J connectivity index is 0.00000220. The first-order valence-corrected chi connectivity index (χ1v) is 8.80. The van der Waals surface area contributed by atoms with Gasteiger partial charge in [-0.15, -0.1) is 12.4 Å². The molecule has 1 aromatic carbocycles. The molecule has 4 nitrogen and oxygen atoms in total. The molecule has 21 heavy (non-hydrogen) atoms. The molecule has 120 valence electrons. The summed E-state index contributed by atoms with van der Waals surface area (Å²) in [6.07, 6.45) is 2.56. The van der Waals surface area contributed by atoms with E-state index in [9.17, 15) is 12.8 Å². The Morgan fingerprint density at radius 2 is 2.10 bits per heavy atom. The molecule has 0 aliphatic carbocycles. The van der Waals surface area contributed by atoms with Crippen molar-refractivity contribution in [3.05, 3.63) is 28.5 Å². The van der Waals surface area contributed by atoms with Gasteiger partial charge in [0, 0.05) is 23.1 Å². The molecule has 1 saturated heterocycles. The Morgan fingerprint density at radius 1 is 1.43 bits per heavy atom. The molecule has 1 aromatic rings. The van der Waals surface area contributed by atoms with Crippen molar-refractivity contribution >= 4 is 38.4 Å². The molecule has 2 N–H and O–H groups in total. The van der Waals surface area contributed by atoms with E-state index in [4.69, 9.17) is 5.73 Å². The maximum absolute atomic E-state index is 13.1. The van der Waals surface area contributed by atoms with E-state index in [0.29, 0.717) is 6.54 Å². The van der Waals surface area contributed by atoms with Gasteiger partial charge in [0.05, 0.1) is 4.90 Å². The van der Waals surface area contributed by atoms with Crippen LogP contribution in [0.4, 0.5) is 4.39 Å². The first-order chi connectivity index (χ1) is 9.34. The molecule has 2 unspecified atom stereocenters. The lowest BCUT2D eigenvalue weighted by molar-refractivity contribution is 0.227. The molecule has 1 heterocycles. The largest absolute Gasteiger partial charge is 0.326 e. The van der Waals surface area contributed by atoms with Gasteiger partial charge >= 0.3 is 0 Å². The predicted molar refractivity (Wildman–Crippen MR) is 86.5 cm³/mol. The molecule has 0 bridgehead atoms. The zero-order valence-electron chi connectivity index (χ0n) is 11.6. The first kappa shape index (κ1) is 18.8. The molecule has 0 radical (unpaired) electrons. The van der Waals surface area contributed by atoms with Gasteiger partial charge < -0.3 is 5.73 Å². The highest BCUT2D eigenvalue weighted by atomic mass is 79.9. The van der Waals surface area contributed by atoms with Crippen molar-refractivity contribution in [3.8, 4) is 0 Å². The molecule has 0 spiro atoms. The maximum Gasteiger partial charge on any atom is 0.244 e. The molecule has 8 heteroatoms. The van der Waals surface area contributed by atoms with E-state index >= 15 is 0 Å². The summed E-state index contributed by atoms with van der Waals surface area (Å²) in [4.78, 5) is 0.0893. The molecular weight excluding hydrogens is 383 g/mol. The van der Waals surface area contributed by atoms with E-state index in [2.05, 4.69) is 15.9 Å². The standard InChI is InChI=1S/C13H18BrFN2O2S.ClH/c1-9(16)12-4-2-3-7-17(12)20(18,19)13-6-5-10(15)8-11(13)14;/h5-6,8-9,12H,2-4,7,16H2,1H3;1H. The fraction of sp³-hybridized carbons (Fsp3) is 0.538. The number of nitrogens with zero attached hydrogens (tertiary/aromatic N) is 1. The number of nitrogens with two attached hydrogens (primary N) is 1. The van der Waals surface area contributed by atoms with E-state index in [0.717, 1.165) is 31.4 Å². The van der Waals surface area contributed by atoms with Crippen LogP contribution in [-0.4, -0.2) is 31.4 Å². The van der Waals surface area contributed by atoms with Crippen molar-refractivity contribution in [2.75, 3.05) is 6.54 Å². The second-order valence-electron chi connectivity index (χ2n) is 5.11. The Morgan fingerprint density at radius 3 is 2.67 bits per heavy atom. The van der Waals surface area contributed by atoms with Crippen molar-refractivity contribution in [1.82, 2.24) is 4.31 Å². The van der Waals surface area contributed by atoms with Gasteiger partial charge in [0.2, 0.25) is 10.0 Å². The van der Waals surface area contributed by atoms with Crippen LogP contribution in [0.15, 0.2) is 27.6 Å². The number of halogens is 3. The third-order valence-corrected chi connectivity index (χ3v) is 6.49. The van der Waals surface area contributed by atoms with Crippen LogP contribution in [0.2, 0.25) is 0 Å². The molecule has 1 aliphatic rings. The zero-order chi connectivity index (χ0) is 14.9. The molecule has 1 fully saturated rings. The van der Waals surface area contributed by atoms with Crippen LogP contribution in [0.25, 0.3) is 0 Å².